The van der Waals surface area contributed by atoms with Crippen molar-refractivity contribution in [2.24, 2.45) is 0 Å². The molecule has 1 heterocycles. The van der Waals surface area contributed by atoms with Crippen LogP contribution in [0, 0.1) is 0 Å². The number of rotatable bonds is 6. The number of thioether (sulfide) groups is 1. The molecule has 0 unspecified atom stereocenters. The van der Waals surface area contributed by atoms with Crippen LogP contribution in [0.2, 0.25) is 0 Å². The van der Waals surface area contributed by atoms with Crippen molar-refractivity contribution in [3.63, 3.8) is 0 Å². The zero-order valence-electron chi connectivity index (χ0n) is 12.7. The quantitative estimate of drug-likeness (QED) is 0.705. The standard InChI is InChI=1S/C17H17N3O2S/c1-22-15-9-5-6-13(10-15)16(21)11-23-17-19-18-12-20(17)14-7-3-2-4-8-14/h2-10,12,16,21H,11H2,1H3/t16-/m0/s1. The number of hydrogen-bond donors (Lipinski definition) is 1. The maximum absolute atomic E-state index is 10.4. The second kappa shape index (κ2) is 7.30. The van der Waals surface area contributed by atoms with Crippen molar-refractivity contribution in [2.75, 3.05) is 12.9 Å². The Morgan fingerprint density at radius 1 is 1.17 bits per heavy atom. The average molecular weight is 327 g/mol. The predicted molar refractivity (Wildman–Crippen MR) is 90.0 cm³/mol. The molecule has 23 heavy (non-hydrogen) atoms. The Labute approximate surface area is 138 Å². The molecule has 0 spiro atoms. The minimum atomic E-state index is -0.601. The molecule has 0 aliphatic rings. The largest absolute Gasteiger partial charge is 0.497 e. The molecule has 0 amide bonds. The van der Waals surface area contributed by atoms with Gasteiger partial charge in [0.15, 0.2) is 5.16 Å². The van der Waals surface area contributed by atoms with Gasteiger partial charge in [-0.2, -0.15) is 0 Å². The maximum Gasteiger partial charge on any atom is 0.195 e. The van der Waals surface area contributed by atoms with E-state index in [-0.39, 0.29) is 0 Å². The number of nitrogens with zero attached hydrogens (tertiary/aromatic N) is 3. The minimum Gasteiger partial charge on any atom is -0.497 e. The van der Waals surface area contributed by atoms with Gasteiger partial charge in [-0.25, -0.2) is 0 Å². The molecule has 1 aromatic heterocycles. The van der Waals surface area contributed by atoms with E-state index in [4.69, 9.17) is 4.74 Å². The van der Waals surface area contributed by atoms with Gasteiger partial charge in [-0.05, 0) is 29.8 Å². The molecular formula is C17H17N3O2S. The van der Waals surface area contributed by atoms with Gasteiger partial charge in [0.1, 0.15) is 12.1 Å². The van der Waals surface area contributed by atoms with Gasteiger partial charge in [0, 0.05) is 11.4 Å². The zero-order chi connectivity index (χ0) is 16.1. The molecule has 0 saturated carbocycles. The molecule has 1 N–H and O–H groups in total. The van der Waals surface area contributed by atoms with E-state index in [0.717, 1.165) is 22.2 Å². The summed E-state index contributed by atoms with van der Waals surface area (Å²) in [5.41, 5.74) is 1.82. The Hall–Kier alpha value is -2.31. The highest BCUT2D eigenvalue weighted by Gasteiger charge is 2.13. The van der Waals surface area contributed by atoms with Crippen LogP contribution in [0.25, 0.3) is 5.69 Å². The van der Waals surface area contributed by atoms with Crippen LogP contribution in [0.15, 0.2) is 66.1 Å². The molecule has 0 radical (unpaired) electrons. The van der Waals surface area contributed by atoms with Crippen molar-refractivity contribution in [1.82, 2.24) is 14.8 Å². The molecule has 0 aliphatic carbocycles. The lowest BCUT2D eigenvalue weighted by Gasteiger charge is -2.12. The fraction of sp³-hybridized carbons (Fsp3) is 0.176. The van der Waals surface area contributed by atoms with Crippen LogP contribution >= 0.6 is 11.8 Å². The van der Waals surface area contributed by atoms with E-state index in [1.165, 1.54) is 11.8 Å². The van der Waals surface area contributed by atoms with E-state index >= 15 is 0 Å². The van der Waals surface area contributed by atoms with Crippen LogP contribution in [-0.4, -0.2) is 32.7 Å². The van der Waals surface area contributed by atoms with Crippen molar-refractivity contribution in [1.29, 1.82) is 0 Å². The van der Waals surface area contributed by atoms with Gasteiger partial charge in [-0.1, -0.05) is 42.1 Å². The second-order valence-corrected chi connectivity index (χ2v) is 5.91. The van der Waals surface area contributed by atoms with Crippen LogP contribution in [0.1, 0.15) is 11.7 Å². The van der Waals surface area contributed by atoms with Gasteiger partial charge in [-0.15, -0.1) is 10.2 Å². The fourth-order valence-electron chi connectivity index (χ4n) is 2.19. The fourth-order valence-corrected chi connectivity index (χ4v) is 3.08. The number of ether oxygens (including phenoxy) is 1. The van der Waals surface area contributed by atoms with Crippen molar-refractivity contribution >= 4 is 11.8 Å². The first kappa shape index (κ1) is 15.6. The number of methoxy groups -OCH3 is 1. The zero-order valence-corrected chi connectivity index (χ0v) is 13.5. The molecule has 0 saturated heterocycles. The lowest BCUT2D eigenvalue weighted by molar-refractivity contribution is 0.203. The molecule has 118 valence electrons. The Bertz CT molecular complexity index is 761. The van der Waals surface area contributed by atoms with Crippen molar-refractivity contribution in [2.45, 2.75) is 11.3 Å². The van der Waals surface area contributed by atoms with E-state index in [0.29, 0.717) is 5.75 Å². The summed E-state index contributed by atoms with van der Waals surface area (Å²) in [7, 11) is 1.61. The maximum atomic E-state index is 10.4. The van der Waals surface area contributed by atoms with Gasteiger partial charge >= 0.3 is 0 Å². The monoisotopic (exact) mass is 327 g/mol. The highest BCUT2D eigenvalue weighted by Crippen LogP contribution is 2.26. The van der Waals surface area contributed by atoms with Gasteiger partial charge in [0.05, 0.1) is 13.2 Å². The third-order valence-electron chi connectivity index (χ3n) is 3.40. The first-order chi connectivity index (χ1) is 11.3. The first-order valence-corrected chi connectivity index (χ1v) is 8.17. The highest BCUT2D eigenvalue weighted by atomic mass is 32.2. The lowest BCUT2D eigenvalue weighted by Crippen LogP contribution is -2.03. The van der Waals surface area contributed by atoms with Gasteiger partial charge in [-0.3, -0.25) is 4.57 Å². The molecule has 3 aromatic rings. The van der Waals surface area contributed by atoms with E-state index < -0.39 is 6.10 Å². The number of para-hydroxylation sites is 1. The van der Waals surface area contributed by atoms with Gasteiger partial charge in [0.25, 0.3) is 0 Å². The van der Waals surface area contributed by atoms with Crippen molar-refractivity contribution in [3.8, 4) is 11.4 Å². The Morgan fingerprint density at radius 3 is 2.78 bits per heavy atom. The summed E-state index contributed by atoms with van der Waals surface area (Å²) in [4.78, 5) is 0. The highest BCUT2D eigenvalue weighted by molar-refractivity contribution is 7.99. The molecule has 6 heteroatoms. The number of aliphatic hydroxyl groups is 1. The van der Waals surface area contributed by atoms with Crippen LogP contribution in [0.5, 0.6) is 5.75 Å². The summed E-state index contributed by atoms with van der Waals surface area (Å²) < 4.78 is 7.09. The second-order valence-electron chi connectivity index (χ2n) is 4.92. The molecule has 2 aromatic carbocycles. The molecule has 0 fully saturated rings. The Morgan fingerprint density at radius 2 is 2.00 bits per heavy atom. The summed E-state index contributed by atoms with van der Waals surface area (Å²) in [5.74, 6) is 1.22. The third kappa shape index (κ3) is 3.72. The topological polar surface area (TPSA) is 60.2 Å². The minimum absolute atomic E-state index is 0.485. The lowest BCUT2D eigenvalue weighted by atomic mass is 10.1. The van der Waals surface area contributed by atoms with Gasteiger partial charge < -0.3 is 9.84 Å². The molecule has 0 bridgehead atoms. The molecular weight excluding hydrogens is 310 g/mol. The van der Waals surface area contributed by atoms with Crippen LogP contribution in [-0.2, 0) is 0 Å². The van der Waals surface area contributed by atoms with Crippen molar-refractivity contribution in [3.05, 3.63) is 66.5 Å². The van der Waals surface area contributed by atoms with Crippen LogP contribution in [0.4, 0.5) is 0 Å². The predicted octanol–water partition coefficient (Wildman–Crippen LogP) is 3.10. The van der Waals surface area contributed by atoms with Crippen molar-refractivity contribution < 1.29 is 9.84 Å². The summed E-state index contributed by atoms with van der Waals surface area (Å²) in [6.07, 6.45) is 1.08. The molecule has 1 atom stereocenters. The van der Waals surface area contributed by atoms with E-state index in [1.54, 1.807) is 13.4 Å². The first-order valence-electron chi connectivity index (χ1n) is 7.18. The number of benzene rings is 2. The van der Waals surface area contributed by atoms with Crippen LogP contribution in [0.3, 0.4) is 0 Å². The van der Waals surface area contributed by atoms with E-state index in [2.05, 4.69) is 10.2 Å². The smallest absolute Gasteiger partial charge is 0.195 e. The number of hydrogen-bond acceptors (Lipinski definition) is 5. The normalized spacial score (nSPS) is 12.1. The van der Waals surface area contributed by atoms with Crippen LogP contribution < -0.4 is 4.74 Å². The number of aliphatic hydroxyl groups excluding tert-OH is 1. The van der Waals surface area contributed by atoms with E-state index in [1.807, 2.05) is 59.2 Å². The van der Waals surface area contributed by atoms with Gasteiger partial charge in [0.2, 0.25) is 0 Å². The van der Waals surface area contributed by atoms with E-state index in [9.17, 15) is 5.11 Å². The number of aromatic nitrogens is 3. The Kier molecular flexibility index (Phi) is 4.95. The third-order valence-corrected chi connectivity index (χ3v) is 4.42. The molecule has 5 nitrogen and oxygen atoms in total. The molecule has 0 aliphatic heterocycles. The summed E-state index contributed by atoms with van der Waals surface area (Å²) >= 11 is 1.46. The summed E-state index contributed by atoms with van der Waals surface area (Å²) in [6, 6.07) is 17.3. The molecule has 3 rings (SSSR count). The average Bonchev–Trinajstić information content (AvgIpc) is 3.09. The summed E-state index contributed by atoms with van der Waals surface area (Å²) in [5, 5.41) is 19.2. The summed E-state index contributed by atoms with van der Waals surface area (Å²) in [6.45, 7) is 0. The Balaban J connectivity index is 1.70. The SMILES string of the molecule is COc1cccc([C@@H](O)CSc2nncn2-c2ccccc2)c1.